The zero-order valence-corrected chi connectivity index (χ0v) is 15.0. The van der Waals surface area contributed by atoms with Crippen molar-refractivity contribution < 1.29 is 9.53 Å². The Morgan fingerprint density at radius 2 is 2.28 bits per heavy atom. The fourth-order valence-corrected chi connectivity index (χ4v) is 4.10. The molecule has 6 nitrogen and oxygen atoms in total. The first-order valence-corrected chi connectivity index (χ1v) is 9.06. The van der Waals surface area contributed by atoms with Gasteiger partial charge in [-0.15, -0.1) is 0 Å². The van der Waals surface area contributed by atoms with Crippen LogP contribution < -0.4 is 16.0 Å². The summed E-state index contributed by atoms with van der Waals surface area (Å²) in [6.45, 7) is 4.01. The molecule has 3 aliphatic rings. The number of amides is 1. The molecule has 0 spiro atoms. The second-order valence-corrected chi connectivity index (χ2v) is 7.94. The lowest BCUT2D eigenvalue weighted by Crippen LogP contribution is -2.48. The van der Waals surface area contributed by atoms with Gasteiger partial charge in [0.25, 0.3) is 5.91 Å². The van der Waals surface area contributed by atoms with E-state index < -0.39 is 0 Å². The molecular formula is C18H20N4O2S. The molecule has 0 saturated carbocycles. The van der Waals surface area contributed by atoms with E-state index in [1.807, 2.05) is 31.0 Å². The summed E-state index contributed by atoms with van der Waals surface area (Å²) in [5.41, 5.74) is 8.39. The van der Waals surface area contributed by atoms with Crippen LogP contribution in [0.2, 0.25) is 0 Å². The lowest BCUT2D eigenvalue weighted by molar-refractivity contribution is 0.0901. The fraction of sp³-hybridized carbons (Fsp3) is 0.333. The number of fused-ring (bicyclic) bond motifs is 1. The first kappa shape index (κ1) is 16.0. The Kier molecular flexibility index (Phi) is 3.68. The zero-order chi connectivity index (χ0) is 17.6. The van der Waals surface area contributed by atoms with Crippen LogP contribution in [0.4, 0.5) is 5.13 Å². The van der Waals surface area contributed by atoms with Crippen LogP contribution >= 0.6 is 11.3 Å². The van der Waals surface area contributed by atoms with Crippen LogP contribution in [0, 0.1) is 0 Å². The summed E-state index contributed by atoms with van der Waals surface area (Å²) in [6, 6.07) is 0. The molecule has 0 radical (unpaired) electrons. The van der Waals surface area contributed by atoms with Gasteiger partial charge in [0.1, 0.15) is 16.9 Å². The SMILES string of the molecule is CC1(C)Cc2nc(N3C=COC(C4=C(N)C=CCC4)=C3)sc2C(=O)N1. The molecule has 0 unspecified atom stereocenters. The number of carbonyl (C=O) groups is 1. The second kappa shape index (κ2) is 5.77. The highest BCUT2D eigenvalue weighted by Gasteiger charge is 2.33. The summed E-state index contributed by atoms with van der Waals surface area (Å²) in [4.78, 5) is 19.6. The van der Waals surface area contributed by atoms with Crippen molar-refractivity contribution in [3.63, 3.8) is 0 Å². The van der Waals surface area contributed by atoms with Crippen LogP contribution in [0.15, 0.2) is 47.8 Å². The van der Waals surface area contributed by atoms with Crippen LogP contribution in [0.25, 0.3) is 0 Å². The maximum Gasteiger partial charge on any atom is 0.263 e. The van der Waals surface area contributed by atoms with Gasteiger partial charge in [0.2, 0.25) is 0 Å². The number of nitrogens with one attached hydrogen (secondary N) is 1. The number of hydrogen-bond acceptors (Lipinski definition) is 6. The van der Waals surface area contributed by atoms with Crippen molar-refractivity contribution in [1.29, 1.82) is 0 Å². The van der Waals surface area contributed by atoms with E-state index in [0.29, 0.717) is 4.88 Å². The van der Waals surface area contributed by atoms with Gasteiger partial charge in [-0.25, -0.2) is 4.98 Å². The first-order valence-electron chi connectivity index (χ1n) is 8.24. The first-order chi connectivity index (χ1) is 11.9. The molecule has 1 aromatic heterocycles. The molecule has 3 heterocycles. The molecule has 4 rings (SSSR count). The van der Waals surface area contributed by atoms with Gasteiger partial charge in [0, 0.05) is 29.4 Å². The average Bonchev–Trinajstić information content (AvgIpc) is 2.98. The van der Waals surface area contributed by atoms with Gasteiger partial charge in [-0.1, -0.05) is 17.4 Å². The fourth-order valence-electron chi connectivity index (χ4n) is 3.16. The molecule has 25 heavy (non-hydrogen) atoms. The molecular weight excluding hydrogens is 336 g/mol. The minimum absolute atomic E-state index is 0.0548. The number of nitrogens with zero attached hydrogens (tertiary/aromatic N) is 2. The molecule has 1 aliphatic carbocycles. The van der Waals surface area contributed by atoms with Gasteiger partial charge >= 0.3 is 0 Å². The maximum absolute atomic E-state index is 12.3. The van der Waals surface area contributed by atoms with Crippen LogP contribution in [0.1, 0.15) is 42.1 Å². The minimum Gasteiger partial charge on any atom is -0.462 e. The van der Waals surface area contributed by atoms with Crippen LogP contribution in [0.5, 0.6) is 0 Å². The normalized spacial score (nSPS) is 21.6. The molecule has 0 aromatic carbocycles. The van der Waals surface area contributed by atoms with E-state index in [-0.39, 0.29) is 11.4 Å². The van der Waals surface area contributed by atoms with Crippen molar-refractivity contribution >= 4 is 22.4 Å². The summed E-state index contributed by atoms with van der Waals surface area (Å²) in [6.07, 6.45) is 11.8. The van der Waals surface area contributed by atoms with E-state index in [0.717, 1.165) is 47.1 Å². The highest BCUT2D eigenvalue weighted by Crippen LogP contribution is 2.34. The molecule has 1 amide bonds. The number of rotatable bonds is 2. The molecule has 0 fully saturated rings. The van der Waals surface area contributed by atoms with E-state index >= 15 is 0 Å². The van der Waals surface area contributed by atoms with Crippen LogP contribution in [-0.4, -0.2) is 16.4 Å². The molecule has 130 valence electrons. The largest absolute Gasteiger partial charge is 0.462 e. The number of aromatic nitrogens is 1. The zero-order valence-electron chi connectivity index (χ0n) is 14.2. The quantitative estimate of drug-likeness (QED) is 0.852. The third kappa shape index (κ3) is 2.95. The number of hydrogen-bond donors (Lipinski definition) is 2. The van der Waals surface area contributed by atoms with Crippen molar-refractivity contribution in [2.24, 2.45) is 5.73 Å². The standard InChI is InChI=1S/C18H20N4O2S/c1-18(2)9-13-15(16(23)21-18)25-17(20-13)22-7-8-24-14(10-22)11-5-3-4-6-12(11)19/h4,6-8,10H,3,5,9,19H2,1-2H3,(H,21,23). The van der Waals surface area contributed by atoms with Gasteiger partial charge < -0.3 is 15.8 Å². The Bertz CT molecular complexity index is 860. The number of carbonyl (C=O) groups excluding carboxylic acids is 1. The summed E-state index contributed by atoms with van der Waals surface area (Å²) < 4.78 is 5.66. The van der Waals surface area contributed by atoms with Crippen molar-refractivity contribution in [3.05, 3.63) is 58.4 Å². The van der Waals surface area contributed by atoms with E-state index in [9.17, 15) is 4.79 Å². The van der Waals surface area contributed by atoms with E-state index in [1.54, 1.807) is 12.5 Å². The Balaban J connectivity index is 1.67. The third-order valence-electron chi connectivity index (χ3n) is 4.35. The molecule has 0 saturated heterocycles. The summed E-state index contributed by atoms with van der Waals surface area (Å²) in [5, 5.41) is 3.77. The van der Waals surface area contributed by atoms with Gasteiger partial charge in [-0.05, 0) is 32.8 Å². The summed E-state index contributed by atoms with van der Waals surface area (Å²) >= 11 is 1.39. The summed E-state index contributed by atoms with van der Waals surface area (Å²) in [7, 11) is 0. The number of allylic oxidation sites excluding steroid dienone is 3. The molecule has 3 N–H and O–H groups in total. The maximum atomic E-state index is 12.3. The Morgan fingerprint density at radius 3 is 3.08 bits per heavy atom. The molecule has 1 aromatic rings. The summed E-state index contributed by atoms with van der Waals surface area (Å²) in [5.74, 6) is 0.670. The number of anilines is 1. The van der Waals surface area contributed by atoms with Crippen LogP contribution in [0.3, 0.4) is 0 Å². The van der Waals surface area contributed by atoms with Gasteiger partial charge in [-0.3, -0.25) is 9.69 Å². The molecule has 7 heteroatoms. The van der Waals surface area contributed by atoms with Gasteiger partial charge in [0.15, 0.2) is 5.13 Å². The van der Waals surface area contributed by atoms with E-state index in [1.165, 1.54) is 11.3 Å². The molecule has 2 aliphatic heterocycles. The Hall–Kier alpha value is -2.54. The number of nitrogens with two attached hydrogens (primary N) is 1. The number of ether oxygens (including phenoxy) is 1. The lowest BCUT2D eigenvalue weighted by atomic mass is 9.94. The second-order valence-electron chi connectivity index (χ2n) is 6.97. The monoisotopic (exact) mass is 356 g/mol. The Labute approximate surface area is 150 Å². The van der Waals surface area contributed by atoms with Gasteiger partial charge in [-0.2, -0.15) is 0 Å². The predicted octanol–water partition coefficient (Wildman–Crippen LogP) is 2.92. The van der Waals surface area contributed by atoms with Crippen LogP contribution in [-0.2, 0) is 11.2 Å². The number of thiazole rings is 1. The van der Waals surface area contributed by atoms with Gasteiger partial charge in [0.05, 0.1) is 11.9 Å². The predicted molar refractivity (Wildman–Crippen MR) is 97.7 cm³/mol. The highest BCUT2D eigenvalue weighted by molar-refractivity contribution is 7.17. The Morgan fingerprint density at radius 1 is 1.44 bits per heavy atom. The molecule has 0 bridgehead atoms. The van der Waals surface area contributed by atoms with E-state index in [2.05, 4.69) is 11.4 Å². The minimum atomic E-state index is -0.273. The smallest absolute Gasteiger partial charge is 0.263 e. The van der Waals surface area contributed by atoms with Crippen molar-refractivity contribution in [1.82, 2.24) is 10.3 Å². The highest BCUT2D eigenvalue weighted by atomic mass is 32.1. The average molecular weight is 356 g/mol. The van der Waals surface area contributed by atoms with Crippen molar-refractivity contribution in [2.75, 3.05) is 4.90 Å². The molecule has 0 atom stereocenters. The topological polar surface area (TPSA) is 80.5 Å². The van der Waals surface area contributed by atoms with Crippen molar-refractivity contribution in [3.8, 4) is 0 Å². The third-order valence-corrected chi connectivity index (χ3v) is 5.46. The lowest BCUT2D eigenvalue weighted by Gasteiger charge is -2.29. The van der Waals surface area contributed by atoms with E-state index in [4.69, 9.17) is 15.5 Å². The van der Waals surface area contributed by atoms with Crippen molar-refractivity contribution in [2.45, 2.75) is 38.6 Å².